The Kier molecular flexibility index (Phi) is 4.07. The maximum atomic E-state index is 12.8. The van der Waals surface area contributed by atoms with E-state index < -0.39 is 15.8 Å². The average molecular weight is 339 g/mol. The number of sulfonamides is 1. The zero-order valence-electron chi connectivity index (χ0n) is 13.2. The number of nitrogens with zero attached hydrogens (tertiary/aromatic N) is 2. The lowest BCUT2D eigenvalue weighted by Gasteiger charge is -2.33. The minimum absolute atomic E-state index is 0.0392. The third-order valence-corrected chi connectivity index (χ3v) is 6.43. The van der Waals surface area contributed by atoms with Crippen LogP contribution in [0.4, 0.5) is 0 Å². The van der Waals surface area contributed by atoms with Gasteiger partial charge in [-0.05, 0) is 37.8 Å². The third kappa shape index (κ3) is 2.82. The van der Waals surface area contributed by atoms with E-state index in [0.717, 1.165) is 12.8 Å². The summed E-state index contributed by atoms with van der Waals surface area (Å²) in [4.78, 5) is 11.7. The largest absolute Gasteiger partial charge is 0.419 e. The van der Waals surface area contributed by atoms with Crippen LogP contribution in [0.25, 0.3) is 11.1 Å². The number of aryl methyl sites for hydroxylation is 1. The Morgan fingerprint density at radius 2 is 2.13 bits per heavy atom. The molecule has 2 heterocycles. The molecule has 8 heteroatoms. The van der Waals surface area contributed by atoms with E-state index in [1.807, 2.05) is 6.92 Å². The van der Waals surface area contributed by atoms with Gasteiger partial charge in [0.15, 0.2) is 5.58 Å². The van der Waals surface area contributed by atoms with Gasteiger partial charge in [0, 0.05) is 32.2 Å². The molecule has 0 bridgehead atoms. The van der Waals surface area contributed by atoms with Gasteiger partial charge in [-0.15, -0.1) is 0 Å². The molecule has 0 saturated carbocycles. The Morgan fingerprint density at radius 3 is 2.83 bits per heavy atom. The molecule has 1 aliphatic heterocycles. The molecule has 3 rings (SSSR count). The highest BCUT2D eigenvalue weighted by Gasteiger charge is 2.32. The van der Waals surface area contributed by atoms with Gasteiger partial charge in [0.05, 0.1) is 10.4 Å². The van der Waals surface area contributed by atoms with Gasteiger partial charge in [-0.3, -0.25) is 4.57 Å². The fourth-order valence-electron chi connectivity index (χ4n) is 3.05. The van der Waals surface area contributed by atoms with Crippen LogP contribution in [0.2, 0.25) is 0 Å². The summed E-state index contributed by atoms with van der Waals surface area (Å²) in [5.74, 6) is -0.346. The molecular formula is C15H21N3O4S. The average Bonchev–Trinajstić information content (AvgIpc) is 2.81. The Bertz CT molecular complexity index is 882. The number of benzene rings is 1. The first-order valence-electron chi connectivity index (χ1n) is 7.66. The maximum Gasteiger partial charge on any atom is 0.419 e. The molecule has 2 atom stereocenters. The number of oxazole rings is 1. The third-order valence-electron chi connectivity index (χ3n) is 4.57. The lowest BCUT2D eigenvalue weighted by atomic mass is 9.93. The quantitative estimate of drug-likeness (QED) is 0.895. The van der Waals surface area contributed by atoms with E-state index in [4.69, 9.17) is 10.2 Å². The number of fused-ring (bicyclic) bond motifs is 1. The Labute approximate surface area is 134 Å². The summed E-state index contributed by atoms with van der Waals surface area (Å²) < 4.78 is 33.6. The Morgan fingerprint density at radius 1 is 1.39 bits per heavy atom. The summed E-state index contributed by atoms with van der Waals surface area (Å²) in [6.07, 6.45) is 1.74. The molecule has 2 N–H and O–H groups in total. The van der Waals surface area contributed by atoms with Crippen molar-refractivity contribution in [1.82, 2.24) is 8.87 Å². The number of piperidine rings is 1. The molecule has 2 aromatic rings. The van der Waals surface area contributed by atoms with Crippen LogP contribution in [0, 0.1) is 5.92 Å². The first-order chi connectivity index (χ1) is 10.8. The van der Waals surface area contributed by atoms with E-state index in [1.165, 1.54) is 21.0 Å². The van der Waals surface area contributed by atoms with Crippen molar-refractivity contribution in [1.29, 1.82) is 0 Å². The minimum Gasteiger partial charge on any atom is -0.408 e. The summed E-state index contributed by atoms with van der Waals surface area (Å²) in [7, 11) is -2.03. The van der Waals surface area contributed by atoms with E-state index in [9.17, 15) is 13.2 Å². The number of hydrogen-bond donors (Lipinski definition) is 1. The number of nitrogens with two attached hydrogens (primary N) is 1. The molecule has 7 nitrogen and oxygen atoms in total. The number of aromatic nitrogens is 1. The smallest absolute Gasteiger partial charge is 0.408 e. The van der Waals surface area contributed by atoms with Gasteiger partial charge in [-0.25, -0.2) is 13.2 Å². The fraction of sp³-hybridized carbons (Fsp3) is 0.533. The van der Waals surface area contributed by atoms with Crippen molar-refractivity contribution in [3.05, 3.63) is 28.7 Å². The van der Waals surface area contributed by atoms with E-state index >= 15 is 0 Å². The van der Waals surface area contributed by atoms with Gasteiger partial charge in [-0.1, -0.05) is 0 Å². The predicted molar refractivity (Wildman–Crippen MR) is 86.6 cm³/mol. The predicted octanol–water partition coefficient (Wildman–Crippen LogP) is 0.879. The molecule has 1 aliphatic rings. The van der Waals surface area contributed by atoms with Crippen molar-refractivity contribution >= 4 is 21.1 Å². The van der Waals surface area contributed by atoms with Gasteiger partial charge in [-0.2, -0.15) is 4.31 Å². The topological polar surface area (TPSA) is 98.5 Å². The van der Waals surface area contributed by atoms with Crippen LogP contribution in [-0.2, 0) is 17.1 Å². The van der Waals surface area contributed by atoms with E-state index in [2.05, 4.69) is 0 Å². The molecule has 1 fully saturated rings. The highest BCUT2D eigenvalue weighted by Crippen LogP contribution is 2.26. The van der Waals surface area contributed by atoms with Crippen molar-refractivity contribution in [3.8, 4) is 0 Å². The molecular weight excluding hydrogens is 318 g/mol. The maximum absolute atomic E-state index is 12.8. The molecule has 126 valence electrons. The van der Waals surface area contributed by atoms with Crippen LogP contribution in [-0.4, -0.2) is 36.4 Å². The van der Waals surface area contributed by atoms with Crippen molar-refractivity contribution in [3.63, 3.8) is 0 Å². The second-order valence-electron chi connectivity index (χ2n) is 6.18. The summed E-state index contributed by atoms with van der Waals surface area (Å²) >= 11 is 0. The van der Waals surface area contributed by atoms with Crippen LogP contribution in [0.15, 0.2) is 32.3 Å². The molecule has 1 aromatic heterocycles. The normalized spacial score (nSPS) is 21.6. The summed E-state index contributed by atoms with van der Waals surface area (Å²) in [5, 5.41) is 0. The molecule has 0 amide bonds. The second kappa shape index (κ2) is 5.77. The van der Waals surface area contributed by atoms with E-state index in [1.54, 1.807) is 13.1 Å². The summed E-state index contributed by atoms with van der Waals surface area (Å²) in [6, 6.07) is 4.49. The molecule has 1 aromatic carbocycles. The fourth-order valence-corrected chi connectivity index (χ4v) is 4.60. The van der Waals surface area contributed by atoms with Crippen LogP contribution in [0.1, 0.15) is 19.8 Å². The van der Waals surface area contributed by atoms with Crippen LogP contribution < -0.4 is 11.5 Å². The summed E-state index contributed by atoms with van der Waals surface area (Å²) in [5.41, 5.74) is 6.78. The van der Waals surface area contributed by atoms with Gasteiger partial charge < -0.3 is 10.2 Å². The van der Waals surface area contributed by atoms with Gasteiger partial charge in [0.25, 0.3) is 0 Å². The Balaban J connectivity index is 1.97. The van der Waals surface area contributed by atoms with Crippen LogP contribution >= 0.6 is 0 Å². The molecule has 23 heavy (non-hydrogen) atoms. The zero-order valence-corrected chi connectivity index (χ0v) is 14.0. The summed E-state index contributed by atoms with van der Waals surface area (Å²) in [6.45, 7) is 2.82. The van der Waals surface area contributed by atoms with Crippen LogP contribution in [0.5, 0.6) is 0 Å². The lowest BCUT2D eigenvalue weighted by Crippen LogP contribution is -2.44. The minimum atomic E-state index is -3.62. The lowest BCUT2D eigenvalue weighted by molar-refractivity contribution is 0.243. The van der Waals surface area contributed by atoms with Crippen molar-refractivity contribution in [2.24, 2.45) is 18.7 Å². The molecule has 0 aliphatic carbocycles. The van der Waals surface area contributed by atoms with E-state index in [0.29, 0.717) is 18.6 Å². The van der Waals surface area contributed by atoms with Crippen molar-refractivity contribution in [2.75, 3.05) is 13.1 Å². The monoisotopic (exact) mass is 339 g/mol. The SMILES string of the molecule is CC(N)C1CCCN(S(=O)(=O)c2ccc3c(c2)oc(=O)n3C)C1. The van der Waals surface area contributed by atoms with Crippen LogP contribution in [0.3, 0.4) is 0 Å². The second-order valence-corrected chi connectivity index (χ2v) is 8.12. The first-order valence-corrected chi connectivity index (χ1v) is 9.10. The first kappa shape index (κ1) is 16.2. The van der Waals surface area contributed by atoms with Gasteiger partial charge >= 0.3 is 5.76 Å². The van der Waals surface area contributed by atoms with Crippen molar-refractivity contribution in [2.45, 2.75) is 30.7 Å². The van der Waals surface area contributed by atoms with E-state index in [-0.39, 0.29) is 22.4 Å². The zero-order chi connectivity index (χ0) is 16.8. The van der Waals surface area contributed by atoms with Gasteiger partial charge in [0.1, 0.15) is 0 Å². The number of rotatable bonds is 3. The molecule has 1 saturated heterocycles. The standard InChI is InChI=1S/C15H21N3O4S/c1-10(16)11-4-3-7-18(9-11)23(20,21)12-5-6-13-14(8-12)22-15(19)17(13)2/h5-6,8,10-11H,3-4,7,9,16H2,1-2H3. The molecule has 0 spiro atoms. The molecule has 2 unspecified atom stereocenters. The highest BCUT2D eigenvalue weighted by molar-refractivity contribution is 7.89. The van der Waals surface area contributed by atoms with Gasteiger partial charge in [0.2, 0.25) is 10.0 Å². The Hall–Kier alpha value is -1.64. The molecule has 0 radical (unpaired) electrons. The van der Waals surface area contributed by atoms with Crippen molar-refractivity contribution < 1.29 is 12.8 Å². The number of hydrogen-bond acceptors (Lipinski definition) is 5. The highest BCUT2D eigenvalue weighted by atomic mass is 32.2.